The van der Waals surface area contributed by atoms with Crippen molar-refractivity contribution in [3.8, 4) is 27.6 Å². The monoisotopic (exact) mass is 344 g/mol. The van der Waals surface area contributed by atoms with E-state index < -0.39 is 0 Å². The van der Waals surface area contributed by atoms with E-state index in [-0.39, 0.29) is 0 Å². The average Bonchev–Trinajstić information content (AvgIpc) is 3.42. The molecule has 3 heterocycles. The van der Waals surface area contributed by atoms with Crippen molar-refractivity contribution in [2.24, 2.45) is 0 Å². The molecular weight excluding hydrogens is 332 g/mol. The van der Waals surface area contributed by atoms with Crippen LogP contribution in [0.4, 0.5) is 0 Å². The smallest absolute Gasteiger partial charge is 0.166 e. The molecule has 5 rings (SSSR count). The molecule has 0 saturated heterocycles. The zero-order valence-electron chi connectivity index (χ0n) is 13.0. The SMILES string of the molecule is c1cc(-c2nccs2)cc(-n2cnc3cc(-c4ccno4)ccc32)c1. The second kappa shape index (κ2) is 5.68. The largest absolute Gasteiger partial charge is 0.356 e. The van der Waals surface area contributed by atoms with Crippen LogP contribution in [-0.2, 0) is 0 Å². The summed E-state index contributed by atoms with van der Waals surface area (Å²) in [6.07, 6.45) is 5.31. The minimum atomic E-state index is 0.738. The molecule has 0 fully saturated rings. The average molecular weight is 344 g/mol. The van der Waals surface area contributed by atoms with Gasteiger partial charge in [-0.15, -0.1) is 11.3 Å². The fourth-order valence-corrected chi connectivity index (χ4v) is 3.53. The second-order valence-electron chi connectivity index (χ2n) is 5.58. The van der Waals surface area contributed by atoms with Gasteiger partial charge in [0.25, 0.3) is 0 Å². The number of hydrogen-bond donors (Lipinski definition) is 0. The Bertz CT molecular complexity index is 1140. The lowest BCUT2D eigenvalue weighted by Crippen LogP contribution is -1.92. The molecule has 0 aliphatic heterocycles. The van der Waals surface area contributed by atoms with Gasteiger partial charge in [-0.2, -0.15) is 0 Å². The maximum Gasteiger partial charge on any atom is 0.166 e. The first-order chi connectivity index (χ1) is 12.4. The van der Waals surface area contributed by atoms with Gasteiger partial charge in [-0.3, -0.25) is 4.57 Å². The van der Waals surface area contributed by atoms with Gasteiger partial charge in [0.15, 0.2) is 5.76 Å². The summed E-state index contributed by atoms with van der Waals surface area (Å²) in [5.74, 6) is 0.738. The molecule has 5 nitrogen and oxygen atoms in total. The molecule has 0 spiro atoms. The predicted molar refractivity (Wildman–Crippen MR) is 97.7 cm³/mol. The molecule has 0 unspecified atom stereocenters. The minimum Gasteiger partial charge on any atom is -0.356 e. The van der Waals surface area contributed by atoms with Gasteiger partial charge >= 0.3 is 0 Å². The van der Waals surface area contributed by atoms with Gasteiger partial charge in [0, 0.05) is 34.5 Å². The maximum absolute atomic E-state index is 5.23. The number of imidazole rings is 1. The second-order valence-corrected chi connectivity index (χ2v) is 6.48. The van der Waals surface area contributed by atoms with Crippen LogP contribution >= 0.6 is 11.3 Å². The van der Waals surface area contributed by atoms with Crippen LogP contribution in [0.15, 0.2) is 77.2 Å². The fraction of sp³-hybridized carbons (Fsp3) is 0. The van der Waals surface area contributed by atoms with E-state index in [0.29, 0.717) is 0 Å². The van der Waals surface area contributed by atoms with Crippen molar-refractivity contribution in [2.75, 3.05) is 0 Å². The van der Waals surface area contributed by atoms with Crippen LogP contribution in [0.3, 0.4) is 0 Å². The van der Waals surface area contributed by atoms with E-state index in [1.807, 2.05) is 42.2 Å². The first kappa shape index (κ1) is 14.1. The summed E-state index contributed by atoms with van der Waals surface area (Å²) in [7, 11) is 0. The van der Waals surface area contributed by atoms with Gasteiger partial charge in [-0.05, 0) is 30.3 Å². The van der Waals surface area contributed by atoms with Crippen LogP contribution in [0.1, 0.15) is 0 Å². The molecule has 2 aromatic carbocycles. The topological polar surface area (TPSA) is 56.7 Å². The predicted octanol–water partition coefficient (Wildman–Crippen LogP) is 4.80. The maximum atomic E-state index is 5.23. The molecule has 0 radical (unpaired) electrons. The number of benzene rings is 2. The van der Waals surface area contributed by atoms with Crippen molar-refractivity contribution in [3.05, 3.63) is 72.6 Å². The van der Waals surface area contributed by atoms with Crippen LogP contribution in [0, 0.1) is 0 Å². The Balaban J connectivity index is 1.61. The summed E-state index contributed by atoms with van der Waals surface area (Å²) in [6.45, 7) is 0. The van der Waals surface area contributed by atoms with E-state index >= 15 is 0 Å². The molecule has 0 aliphatic rings. The summed E-state index contributed by atoms with van der Waals surface area (Å²) in [5, 5.41) is 6.76. The third-order valence-electron chi connectivity index (χ3n) is 4.07. The molecule has 5 aromatic rings. The first-order valence-corrected chi connectivity index (χ1v) is 8.65. The highest BCUT2D eigenvalue weighted by molar-refractivity contribution is 7.13. The number of nitrogens with zero attached hydrogens (tertiary/aromatic N) is 4. The zero-order valence-corrected chi connectivity index (χ0v) is 13.9. The Kier molecular flexibility index (Phi) is 3.21. The normalized spacial score (nSPS) is 11.2. The van der Waals surface area contributed by atoms with E-state index in [9.17, 15) is 0 Å². The van der Waals surface area contributed by atoms with Crippen molar-refractivity contribution in [3.63, 3.8) is 0 Å². The molecule has 0 aliphatic carbocycles. The van der Waals surface area contributed by atoms with Gasteiger partial charge in [-0.25, -0.2) is 9.97 Å². The molecule has 0 saturated carbocycles. The number of aromatic nitrogens is 4. The summed E-state index contributed by atoms with van der Waals surface area (Å²) in [4.78, 5) is 8.93. The van der Waals surface area contributed by atoms with Crippen LogP contribution in [0.2, 0.25) is 0 Å². The van der Waals surface area contributed by atoms with Gasteiger partial charge in [0.1, 0.15) is 11.3 Å². The third kappa shape index (κ3) is 2.43. The zero-order chi connectivity index (χ0) is 16.6. The van der Waals surface area contributed by atoms with Gasteiger partial charge in [0.05, 0.1) is 17.2 Å². The van der Waals surface area contributed by atoms with E-state index in [1.165, 1.54) is 0 Å². The quantitative estimate of drug-likeness (QED) is 0.471. The standard InChI is InChI=1S/C19H12N4OS/c1-2-14(19-20-8-9-25-19)10-15(3-1)23-12-21-16-11-13(4-5-17(16)23)18-6-7-22-24-18/h1-12H. The highest BCUT2D eigenvalue weighted by atomic mass is 32.1. The molecule has 0 N–H and O–H groups in total. The van der Waals surface area contributed by atoms with E-state index in [1.54, 1.807) is 17.5 Å². The highest BCUT2D eigenvalue weighted by Crippen LogP contribution is 2.28. The van der Waals surface area contributed by atoms with Crippen molar-refractivity contribution < 1.29 is 4.52 Å². The lowest BCUT2D eigenvalue weighted by Gasteiger charge is -2.06. The summed E-state index contributed by atoms with van der Waals surface area (Å²) >= 11 is 1.63. The summed E-state index contributed by atoms with van der Waals surface area (Å²) in [6, 6.07) is 16.2. The van der Waals surface area contributed by atoms with Gasteiger partial charge in [-0.1, -0.05) is 17.3 Å². The molecule has 25 heavy (non-hydrogen) atoms. The number of rotatable bonds is 3. The van der Waals surface area contributed by atoms with Crippen LogP contribution in [-0.4, -0.2) is 19.7 Å². The van der Waals surface area contributed by atoms with E-state index in [0.717, 1.165) is 38.6 Å². The Morgan fingerprint density at radius 2 is 1.92 bits per heavy atom. The van der Waals surface area contributed by atoms with Crippen molar-refractivity contribution in [1.82, 2.24) is 19.7 Å². The molecule has 0 bridgehead atoms. The molecular formula is C19H12N4OS. The number of thiazole rings is 1. The Hall–Kier alpha value is -3.25. The van der Waals surface area contributed by atoms with E-state index in [2.05, 4.69) is 44.0 Å². The van der Waals surface area contributed by atoms with Gasteiger partial charge in [0.2, 0.25) is 0 Å². The van der Waals surface area contributed by atoms with Crippen LogP contribution in [0.25, 0.3) is 38.6 Å². The highest BCUT2D eigenvalue weighted by Gasteiger charge is 2.09. The third-order valence-corrected chi connectivity index (χ3v) is 4.90. The van der Waals surface area contributed by atoms with Crippen molar-refractivity contribution in [1.29, 1.82) is 0 Å². The fourth-order valence-electron chi connectivity index (χ4n) is 2.89. The molecule has 0 amide bonds. The lowest BCUT2D eigenvalue weighted by molar-refractivity contribution is 0.432. The Morgan fingerprint density at radius 1 is 0.920 bits per heavy atom. The summed E-state index contributed by atoms with van der Waals surface area (Å²) < 4.78 is 7.31. The van der Waals surface area contributed by atoms with Crippen LogP contribution < -0.4 is 0 Å². The van der Waals surface area contributed by atoms with Crippen LogP contribution in [0.5, 0.6) is 0 Å². The molecule has 3 aromatic heterocycles. The Labute approximate surface area is 147 Å². The lowest BCUT2D eigenvalue weighted by atomic mass is 10.1. The molecule has 6 heteroatoms. The van der Waals surface area contributed by atoms with E-state index in [4.69, 9.17) is 4.52 Å². The van der Waals surface area contributed by atoms with Gasteiger partial charge < -0.3 is 4.52 Å². The Morgan fingerprint density at radius 3 is 2.76 bits per heavy atom. The van der Waals surface area contributed by atoms with Crippen molar-refractivity contribution in [2.45, 2.75) is 0 Å². The molecule has 0 atom stereocenters. The van der Waals surface area contributed by atoms with Crippen molar-refractivity contribution >= 4 is 22.4 Å². The first-order valence-electron chi connectivity index (χ1n) is 7.77. The molecule has 120 valence electrons. The minimum absolute atomic E-state index is 0.738. The summed E-state index contributed by atoms with van der Waals surface area (Å²) in [5.41, 5.74) is 5.08. The number of hydrogen-bond acceptors (Lipinski definition) is 5. The number of fused-ring (bicyclic) bond motifs is 1.